The van der Waals surface area contributed by atoms with Gasteiger partial charge in [0.2, 0.25) is 0 Å². The average molecular weight is 456 g/mol. The lowest BCUT2D eigenvalue weighted by molar-refractivity contribution is -0.274. The Balaban J connectivity index is 1.62. The van der Waals surface area contributed by atoms with Crippen molar-refractivity contribution in [2.75, 3.05) is 0 Å². The van der Waals surface area contributed by atoms with Gasteiger partial charge in [-0.05, 0) is 54.4 Å². The number of pyridine rings is 1. The van der Waals surface area contributed by atoms with E-state index in [0.29, 0.717) is 16.8 Å². The number of ether oxygens (including phenoxy) is 1. The van der Waals surface area contributed by atoms with Crippen LogP contribution in [0.15, 0.2) is 60.8 Å². The minimum absolute atomic E-state index is 0.138. The summed E-state index contributed by atoms with van der Waals surface area (Å²) >= 11 is 6.30. The minimum Gasteiger partial charge on any atom is -0.406 e. The Bertz CT molecular complexity index is 1030. The van der Waals surface area contributed by atoms with Crippen LogP contribution in [0.3, 0.4) is 0 Å². The summed E-state index contributed by atoms with van der Waals surface area (Å²) in [5.74, 6) is -2.88. The van der Waals surface area contributed by atoms with E-state index in [1.54, 1.807) is 12.1 Å². The van der Waals surface area contributed by atoms with E-state index < -0.39 is 34.7 Å². The maximum Gasteiger partial charge on any atom is 0.573 e. The highest BCUT2D eigenvalue weighted by Gasteiger charge is 2.31. The number of ketones is 1. The molecule has 31 heavy (non-hydrogen) atoms. The quantitative estimate of drug-likeness (QED) is 0.222. The van der Waals surface area contributed by atoms with Gasteiger partial charge in [-0.3, -0.25) is 9.78 Å². The number of carbonyl (C=O) groups is 1. The van der Waals surface area contributed by atoms with Crippen molar-refractivity contribution in [3.63, 3.8) is 0 Å². The van der Waals surface area contributed by atoms with E-state index in [4.69, 9.17) is 11.6 Å². The van der Waals surface area contributed by atoms with E-state index in [1.165, 1.54) is 36.5 Å². The summed E-state index contributed by atoms with van der Waals surface area (Å²) in [6.07, 6.45) is -3.31. The highest BCUT2D eigenvalue weighted by Crippen LogP contribution is 2.29. The zero-order chi connectivity index (χ0) is 22.6. The van der Waals surface area contributed by atoms with Crippen molar-refractivity contribution in [1.29, 1.82) is 0 Å². The second kappa shape index (κ2) is 9.43. The summed E-state index contributed by atoms with van der Waals surface area (Å²) in [5, 5.41) is -0.622. The number of halogens is 6. The van der Waals surface area contributed by atoms with Crippen LogP contribution in [0.25, 0.3) is 11.3 Å². The van der Waals surface area contributed by atoms with Gasteiger partial charge in [0.15, 0.2) is 5.78 Å². The molecule has 0 spiro atoms. The predicted octanol–water partition coefficient (Wildman–Crippen LogP) is 6.87. The molecule has 1 atom stereocenters. The van der Waals surface area contributed by atoms with Crippen LogP contribution >= 0.6 is 11.6 Å². The Morgan fingerprint density at radius 1 is 1.00 bits per heavy atom. The molecule has 1 aromatic heterocycles. The lowest BCUT2D eigenvalue weighted by atomic mass is 10.0. The molecule has 162 valence electrons. The molecule has 2 aromatic carbocycles. The first kappa shape index (κ1) is 22.7. The van der Waals surface area contributed by atoms with Crippen LogP contribution < -0.4 is 4.74 Å². The number of Topliss-reactive ketones (excluding diaryl/α,β-unsaturated/α-hetero) is 1. The summed E-state index contributed by atoms with van der Waals surface area (Å²) in [4.78, 5) is 16.4. The van der Waals surface area contributed by atoms with Gasteiger partial charge in [-0.1, -0.05) is 12.1 Å². The molecule has 0 amide bonds. The third kappa shape index (κ3) is 6.01. The molecule has 0 aliphatic rings. The monoisotopic (exact) mass is 455 g/mol. The first-order chi connectivity index (χ1) is 14.6. The molecule has 0 radical (unpaired) electrons. The molecule has 0 N–H and O–H groups in total. The fourth-order valence-electron chi connectivity index (χ4n) is 2.90. The van der Waals surface area contributed by atoms with Crippen molar-refractivity contribution in [3.8, 4) is 17.0 Å². The van der Waals surface area contributed by atoms with Crippen molar-refractivity contribution in [2.45, 2.75) is 24.6 Å². The summed E-state index contributed by atoms with van der Waals surface area (Å²) in [7, 11) is 0. The number of aromatic nitrogens is 1. The lowest BCUT2D eigenvalue weighted by Gasteiger charge is -2.11. The maximum absolute atomic E-state index is 13.7. The van der Waals surface area contributed by atoms with Crippen molar-refractivity contribution in [1.82, 2.24) is 4.98 Å². The van der Waals surface area contributed by atoms with Gasteiger partial charge in [-0.15, -0.1) is 24.8 Å². The number of alkyl halides is 4. The summed E-state index contributed by atoms with van der Waals surface area (Å²) in [6, 6.07) is 11.7. The van der Waals surface area contributed by atoms with Gasteiger partial charge < -0.3 is 4.74 Å². The topological polar surface area (TPSA) is 39.2 Å². The molecule has 0 saturated carbocycles. The Hall–Kier alpha value is -3.00. The van der Waals surface area contributed by atoms with Crippen molar-refractivity contribution < 1.29 is 31.5 Å². The van der Waals surface area contributed by atoms with Gasteiger partial charge in [0, 0.05) is 18.2 Å². The third-order valence-electron chi connectivity index (χ3n) is 4.40. The van der Waals surface area contributed by atoms with E-state index in [9.17, 15) is 26.7 Å². The Kier molecular flexibility index (Phi) is 6.90. The smallest absolute Gasteiger partial charge is 0.406 e. The number of nitrogens with zero attached hydrogens (tertiary/aromatic N) is 1. The van der Waals surface area contributed by atoms with Gasteiger partial charge in [0.05, 0.1) is 16.6 Å². The Labute approximate surface area is 179 Å². The van der Waals surface area contributed by atoms with E-state index >= 15 is 0 Å². The average Bonchev–Trinajstić information content (AvgIpc) is 2.71. The van der Waals surface area contributed by atoms with Crippen LogP contribution in [0.1, 0.15) is 34.1 Å². The lowest BCUT2D eigenvalue weighted by Crippen LogP contribution is -2.16. The second-order valence-electron chi connectivity index (χ2n) is 6.57. The highest BCUT2D eigenvalue weighted by atomic mass is 35.5. The molecule has 0 aliphatic carbocycles. The number of benzene rings is 2. The van der Waals surface area contributed by atoms with Crippen LogP contribution in [0, 0.1) is 11.6 Å². The van der Waals surface area contributed by atoms with Crippen LogP contribution in [-0.4, -0.2) is 17.1 Å². The summed E-state index contributed by atoms with van der Waals surface area (Å²) in [6.45, 7) is 0. The van der Waals surface area contributed by atoms with E-state index in [0.717, 1.165) is 12.1 Å². The molecule has 1 heterocycles. The van der Waals surface area contributed by atoms with Crippen molar-refractivity contribution >= 4 is 17.4 Å². The molecule has 3 nitrogen and oxygen atoms in total. The van der Waals surface area contributed by atoms with Crippen molar-refractivity contribution in [3.05, 3.63) is 83.6 Å². The molecule has 9 heteroatoms. The van der Waals surface area contributed by atoms with Crippen LogP contribution in [0.4, 0.5) is 22.0 Å². The number of hydrogen-bond donors (Lipinski definition) is 0. The van der Waals surface area contributed by atoms with E-state index in [1.807, 2.05) is 0 Å². The second-order valence-corrected chi connectivity index (χ2v) is 7.10. The zero-order valence-corrected chi connectivity index (χ0v) is 16.6. The third-order valence-corrected chi connectivity index (χ3v) is 4.87. The number of carbonyl (C=O) groups excluding carboxylic acids is 1. The molecule has 0 fully saturated rings. The van der Waals surface area contributed by atoms with Gasteiger partial charge in [-0.2, -0.15) is 0 Å². The SMILES string of the molecule is O=C(CCC(Cl)c1ccc(-c2ccc(OC(F)(F)F)cc2)nc1)c1c(F)cccc1F. The van der Waals surface area contributed by atoms with Crippen molar-refractivity contribution in [2.24, 2.45) is 0 Å². The molecular formula is C22H15ClF5NO2. The van der Waals surface area contributed by atoms with Crippen LogP contribution in [0.2, 0.25) is 0 Å². The fourth-order valence-corrected chi connectivity index (χ4v) is 3.14. The first-order valence-electron chi connectivity index (χ1n) is 9.07. The first-order valence-corrected chi connectivity index (χ1v) is 9.51. The molecule has 0 saturated heterocycles. The summed E-state index contributed by atoms with van der Waals surface area (Å²) < 4.78 is 67.9. The summed E-state index contributed by atoms with van der Waals surface area (Å²) in [5.41, 5.74) is 1.06. The van der Waals surface area contributed by atoms with Crippen LogP contribution in [0.5, 0.6) is 5.75 Å². The predicted molar refractivity (Wildman–Crippen MR) is 105 cm³/mol. The number of hydrogen-bond acceptors (Lipinski definition) is 3. The molecular weight excluding hydrogens is 441 g/mol. The maximum atomic E-state index is 13.7. The van der Waals surface area contributed by atoms with Gasteiger partial charge >= 0.3 is 6.36 Å². The molecule has 3 rings (SSSR count). The molecule has 0 bridgehead atoms. The molecule has 0 aliphatic heterocycles. The van der Waals surface area contributed by atoms with Crippen LogP contribution in [-0.2, 0) is 0 Å². The molecule has 3 aromatic rings. The Morgan fingerprint density at radius 2 is 1.65 bits per heavy atom. The van der Waals surface area contributed by atoms with E-state index in [2.05, 4.69) is 9.72 Å². The minimum atomic E-state index is -4.77. The highest BCUT2D eigenvalue weighted by molar-refractivity contribution is 6.21. The number of rotatable bonds is 7. The van der Waals surface area contributed by atoms with E-state index in [-0.39, 0.29) is 18.6 Å². The fraction of sp³-hybridized carbons (Fsp3) is 0.182. The largest absolute Gasteiger partial charge is 0.573 e. The van der Waals surface area contributed by atoms with Gasteiger partial charge in [-0.25, -0.2) is 8.78 Å². The Morgan fingerprint density at radius 3 is 2.19 bits per heavy atom. The molecule has 1 unspecified atom stereocenters. The van der Waals surface area contributed by atoms with Gasteiger partial charge in [0.25, 0.3) is 0 Å². The zero-order valence-electron chi connectivity index (χ0n) is 15.8. The van der Waals surface area contributed by atoms with Gasteiger partial charge in [0.1, 0.15) is 17.4 Å². The standard InChI is InChI=1S/C22H15ClF5NO2/c23-16(9-11-20(30)21-17(24)2-1-3-18(21)25)14-6-10-19(29-12-14)13-4-7-15(8-5-13)31-22(26,27)28/h1-8,10,12,16H,9,11H2. The normalized spacial score (nSPS) is 12.5.